The van der Waals surface area contributed by atoms with Gasteiger partial charge in [0.25, 0.3) is 0 Å². The highest BCUT2D eigenvalue weighted by molar-refractivity contribution is 5.94. The molecule has 8 nitrogen and oxygen atoms in total. The zero-order valence-corrected chi connectivity index (χ0v) is 16.9. The number of nitrogens with zero attached hydrogens (tertiary/aromatic N) is 5. The van der Waals surface area contributed by atoms with Crippen molar-refractivity contribution in [3.8, 4) is 0 Å². The lowest BCUT2D eigenvalue weighted by molar-refractivity contribution is -0.383. The predicted molar refractivity (Wildman–Crippen MR) is 120 cm³/mol. The number of fused-ring (bicyclic) bond motifs is 2. The van der Waals surface area contributed by atoms with Gasteiger partial charge in [-0.2, -0.15) is 0 Å². The largest absolute Gasteiger partial charge is 0.353 e. The summed E-state index contributed by atoms with van der Waals surface area (Å²) in [5.74, 6) is 0.494. The summed E-state index contributed by atoms with van der Waals surface area (Å²) in [5.41, 5.74) is 4.74. The van der Waals surface area contributed by atoms with E-state index in [-0.39, 0.29) is 11.5 Å². The molecule has 3 heterocycles. The van der Waals surface area contributed by atoms with Crippen molar-refractivity contribution in [2.45, 2.75) is 19.9 Å². The molecule has 1 aliphatic heterocycles. The number of nitrogens with one attached hydrogen (secondary N) is 1. The van der Waals surface area contributed by atoms with Crippen molar-refractivity contribution in [2.75, 3.05) is 16.8 Å². The molecule has 1 aliphatic rings. The van der Waals surface area contributed by atoms with E-state index in [4.69, 9.17) is 0 Å². The second kappa shape index (κ2) is 7.64. The van der Waals surface area contributed by atoms with Crippen LogP contribution in [-0.2, 0) is 13.0 Å². The first kappa shape index (κ1) is 18.9. The molecule has 4 aromatic rings. The molecule has 0 unspecified atom stereocenters. The van der Waals surface area contributed by atoms with Crippen LogP contribution < -0.4 is 10.2 Å². The van der Waals surface area contributed by atoms with Gasteiger partial charge in [0, 0.05) is 29.9 Å². The second-order valence-corrected chi connectivity index (χ2v) is 7.54. The number of pyridine rings is 1. The number of benzene rings is 2. The number of rotatable bonds is 4. The second-order valence-electron chi connectivity index (χ2n) is 7.54. The van der Waals surface area contributed by atoms with Gasteiger partial charge in [0.05, 0.1) is 10.4 Å². The molecule has 2 aromatic heterocycles. The number of hydrogen-bond acceptors (Lipinski definition) is 7. The summed E-state index contributed by atoms with van der Waals surface area (Å²) in [4.78, 5) is 26.6. The molecule has 0 radical (unpaired) electrons. The zero-order valence-electron chi connectivity index (χ0n) is 16.9. The van der Waals surface area contributed by atoms with Gasteiger partial charge < -0.3 is 10.2 Å². The lowest BCUT2D eigenvalue weighted by atomic mass is 10.00. The van der Waals surface area contributed by atoms with Gasteiger partial charge in [0.1, 0.15) is 6.33 Å². The molecule has 0 spiro atoms. The molecule has 2 aromatic carbocycles. The molecule has 0 fully saturated rings. The SMILES string of the molecule is Cc1ccc2c(Nc3ncnc(N4CCc5ccccc5C4)c3[N+](=O)[O-])cccc2n1. The fraction of sp³-hybridized carbons (Fsp3) is 0.174. The van der Waals surface area contributed by atoms with E-state index in [0.29, 0.717) is 24.6 Å². The first-order chi connectivity index (χ1) is 15.1. The number of anilines is 3. The van der Waals surface area contributed by atoms with Gasteiger partial charge >= 0.3 is 5.69 Å². The summed E-state index contributed by atoms with van der Waals surface area (Å²) in [6.07, 6.45) is 2.19. The van der Waals surface area contributed by atoms with Crippen molar-refractivity contribution in [3.63, 3.8) is 0 Å². The van der Waals surface area contributed by atoms with Gasteiger partial charge in [-0.3, -0.25) is 15.1 Å². The summed E-state index contributed by atoms with van der Waals surface area (Å²) in [5, 5.41) is 16.1. The topological polar surface area (TPSA) is 97.1 Å². The van der Waals surface area contributed by atoms with Crippen LogP contribution in [0, 0.1) is 17.0 Å². The molecule has 5 rings (SSSR count). The lowest BCUT2D eigenvalue weighted by Crippen LogP contribution is -2.31. The van der Waals surface area contributed by atoms with Crippen LogP contribution in [0.1, 0.15) is 16.8 Å². The maximum Gasteiger partial charge on any atom is 0.353 e. The van der Waals surface area contributed by atoms with Crippen LogP contribution in [0.15, 0.2) is 60.9 Å². The van der Waals surface area contributed by atoms with E-state index >= 15 is 0 Å². The molecule has 1 N–H and O–H groups in total. The fourth-order valence-corrected chi connectivity index (χ4v) is 4.03. The van der Waals surface area contributed by atoms with Gasteiger partial charge in [0.2, 0.25) is 11.6 Å². The monoisotopic (exact) mass is 412 g/mol. The molecule has 0 saturated heterocycles. The predicted octanol–water partition coefficient (Wildman–Crippen LogP) is 4.55. The molecule has 0 aliphatic carbocycles. The Morgan fingerprint density at radius 2 is 1.87 bits per heavy atom. The third-order valence-corrected chi connectivity index (χ3v) is 5.54. The number of nitro groups is 1. The van der Waals surface area contributed by atoms with Gasteiger partial charge in [-0.25, -0.2) is 9.97 Å². The minimum absolute atomic E-state index is 0.126. The first-order valence-corrected chi connectivity index (χ1v) is 10.0. The molecule has 0 atom stereocenters. The maximum atomic E-state index is 12.1. The van der Waals surface area contributed by atoms with Crippen LogP contribution in [0.4, 0.5) is 23.0 Å². The van der Waals surface area contributed by atoms with E-state index < -0.39 is 4.92 Å². The van der Waals surface area contributed by atoms with Gasteiger partial charge in [-0.05, 0) is 48.7 Å². The van der Waals surface area contributed by atoms with Gasteiger partial charge in [0.15, 0.2) is 0 Å². The van der Waals surface area contributed by atoms with Gasteiger partial charge in [-0.15, -0.1) is 0 Å². The van der Waals surface area contributed by atoms with Crippen molar-refractivity contribution < 1.29 is 4.92 Å². The molecular weight excluding hydrogens is 392 g/mol. The summed E-state index contributed by atoms with van der Waals surface area (Å²) >= 11 is 0. The highest BCUT2D eigenvalue weighted by atomic mass is 16.6. The van der Waals surface area contributed by atoms with E-state index in [1.165, 1.54) is 11.9 Å². The Balaban J connectivity index is 1.55. The van der Waals surface area contributed by atoms with Crippen molar-refractivity contribution in [3.05, 3.63) is 87.9 Å². The Morgan fingerprint density at radius 3 is 2.71 bits per heavy atom. The molecule has 154 valence electrons. The number of aromatic nitrogens is 3. The third-order valence-electron chi connectivity index (χ3n) is 5.54. The zero-order chi connectivity index (χ0) is 21.4. The third kappa shape index (κ3) is 3.52. The normalized spacial score (nSPS) is 13.1. The Kier molecular flexibility index (Phi) is 4.66. The van der Waals surface area contributed by atoms with Crippen LogP contribution in [0.25, 0.3) is 10.9 Å². The number of hydrogen-bond donors (Lipinski definition) is 1. The van der Waals surface area contributed by atoms with Crippen LogP contribution in [0.5, 0.6) is 0 Å². The molecule has 0 saturated carbocycles. The summed E-state index contributed by atoms with van der Waals surface area (Å²) in [6, 6.07) is 17.7. The Labute approximate surface area is 178 Å². The molecule has 0 amide bonds. The highest BCUT2D eigenvalue weighted by Crippen LogP contribution is 2.36. The Bertz CT molecular complexity index is 1310. The quantitative estimate of drug-likeness (QED) is 0.388. The fourth-order valence-electron chi connectivity index (χ4n) is 4.03. The minimum Gasteiger partial charge on any atom is -0.346 e. The van der Waals surface area contributed by atoms with Crippen molar-refractivity contribution >= 4 is 33.9 Å². The molecule has 0 bridgehead atoms. The number of aryl methyl sites for hydroxylation is 1. The van der Waals surface area contributed by atoms with Crippen molar-refractivity contribution in [1.82, 2.24) is 15.0 Å². The smallest absolute Gasteiger partial charge is 0.346 e. The maximum absolute atomic E-state index is 12.1. The van der Waals surface area contributed by atoms with Crippen LogP contribution in [-0.4, -0.2) is 26.4 Å². The first-order valence-electron chi connectivity index (χ1n) is 10.0. The summed E-state index contributed by atoms with van der Waals surface area (Å²) in [7, 11) is 0. The van der Waals surface area contributed by atoms with Gasteiger partial charge in [-0.1, -0.05) is 30.3 Å². The van der Waals surface area contributed by atoms with E-state index in [0.717, 1.165) is 28.6 Å². The average Bonchev–Trinajstić information content (AvgIpc) is 2.78. The van der Waals surface area contributed by atoms with Crippen LogP contribution in [0.2, 0.25) is 0 Å². The van der Waals surface area contributed by atoms with Crippen LogP contribution in [0.3, 0.4) is 0 Å². The van der Waals surface area contributed by atoms with E-state index in [1.54, 1.807) is 0 Å². The van der Waals surface area contributed by atoms with E-state index in [9.17, 15) is 10.1 Å². The molecule has 8 heteroatoms. The average molecular weight is 412 g/mol. The highest BCUT2D eigenvalue weighted by Gasteiger charge is 2.29. The Morgan fingerprint density at radius 1 is 1.03 bits per heavy atom. The molecular formula is C23H20N6O2. The summed E-state index contributed by atoms with van der Waals surface area (Å²) < 4.78 is 0. The van der Waals surface area contributed by atoms with Crippen LogP contribution >= 0.6 is 0 Å². The minimum atomic E-state index is -0.411. The Hall–Kier alpha value is -4.07. The van der Waals surface area contributed by atoms with Crippen molar-refractivity contribution in [1.29, 1.82) is 0 Å². The summed E-state index contributed by atoms with van der Waals surface area (Å²) in [6.45, 7) is 3.16. The lowest BCUT2D eigenvalue weighted by Gasteiger charge is -2.29. The van der Waals surface area contributed by atoms with E-state index in [1.807, 2.05) is 54.3 Å². The molecule has 31 heavy (non-hydrogen) atoms. The standard InChI is InChI=1S/C23H20N6O2/c1-15-9-10-18-19(26-15)7-4-8-20(18)27-22-21(29(30)31)23(25-14-24-22)28-12-11-16-5-2-3-6-17(16)13-28/h2-10,14H,11-13H2,1H3,(H,24,25,27). The van der Waals surface area contributed by atoms with E-state index in [2.05, 4.69) is 32.4 Å². The van der Waals surface area contributed by atoms with Crippen molar-refractivity contribution in [2.24, 2.45) is 0 Å².